The number of benzene rings is 1. The van der Waals surface area contributed by atoms with Gasteiger partial charge in [-0.2, -0.15) is 0 Å². The summed E-state index contributed by atoms with van der Waals surface area (Å²) in [6, 6.07) is 5.09. The van der Waals surface area contributed by atoms with Gasteiger partial charge >= 0.3 is 0 Å². The Balaban J connectivity index is 2.22. The molecule has 2 aromatic rings. The summed E-state index contributed by atoms with van der Waals surface area (Å²) in [5.74, 6) is 0. The number of hydrogen-bond acceptors (Lipinski definition) is 2. The molecule has 0 aliphatic heterocycles. The highest BCUT2D eigenvalue weighted by molar-refractivity contribution is 5.87. The summed E-state index contributed by atoms with van der Waals surface area (Å²) in [7, 11) is 0. The predicted octanol–water partition coefficient (Wildman–Crippen LogP) is 4.23. The van der Waals surface area contributed by atoms with Gasteiger partial charge in [-0.15, -0.1) is 0 Å². The maximum Gasteiger partial charge on any atom is 0.0738 e. The molecule has 0 radical (unpaired) electrons. The van der Waals surface area contributed by atoms with Gasteiger partial charge in [-0.3, -0.25) is 4.98 Å². The van der Waals surface area contributed by atoms with Gasteiger partial charge in [-0.05, 0) is 62.3 Å². The van der Waals surface area contributed by atoms with Gasteiger partial charge in [0.25, 0.3) is 0 Å². The standard InChI is InChI=1S/C19H26N2/c1-12(2)20-11-17-15-7-5-6-8-18(15)21-19-14(4)9-13(3)10-16(17)19/h9-10,12,20H,5-8,11H2,1-4H3. The molecule has 0 saturated heterocycles. The van der Waals surface area contributed by atoms with Gasteiger partial charge in [-0.25, -0.2) is 0 Å². The van der Waals surface area contributed by atoms with Gasteiger partial charge in [0.1, 0.15) is 0 Å². The molecule has 0 unspecified atom stereocenters. The van der Waals surface area contributed by atoms with E-state index in [9.17, 15) is 0 Å². The molecule has 3 rings (SSSR count). The quantitative estimate of drug-likeness (QED) is 0.911. The van der Waals surface area contributed by atoms with Crippen molar-refractivity contribution in [1.29, 1.82) is 0 Å². The van der Waals surface area contributed by atoms with Gasteiger partial charge in [0.2, 0.25) is 0 Å². The number of pyridine rings is 1. The van der Waals surface area contributed by atoms with Crippen LogP contribution in [0, 0.1) is 13.8 Å². The van der Waals surface area contributed by atoms with Crippen molar-refractivity contribution in [3.8, 4) is 0 Å². The summed E-state index contributed by atoms with van der Waals surface area (Å²) >= 11 is 0. The van der Waals surface area contributed by atoms with E-state index >= 15 is 0 Å². The highest BCUT2D eigenvalue weighted by atomic mass is 14.9. The van der Waals surface area contributed by atoms with E-state index in [0.29, 0.717) is 6.04 Å². The van der Waals surface area contributed by atoms with Crippen LogP contribution in [0.4, 0.5) is 0 Å². The zero-order valence-corrected chi connectivity index (χ0v) is 13.7. The molecular formula is C19H26N2. The summed E-state index contributed by atoms with van der Waals surface area (Å²) in [6.07, 6.45) is 4.93. The molecule has 0 amide bonds. The van der Waals surface area contributed by atoms with Crippen molar-refractivity contribution < 1.29 is 0 Å². The predicted molar refractivity (Wildman–Crippen MR) is 89.8 cm³/mol. The lowest BCUT2D eigenvalue weighted by Crippen LogP contribution is -2.24. The van der Waals surface area contributed by atoms with Crippen LogP contribution in [0.15, 0.2) is 12.1 Å². The molecule has 112 valence electrons. The molecule has 0 saturated carbocycles. The van der Waals surface area contributed by atoms with Crippen LogP contribution in [0.5, 0.6) is 0 Å². The van der Waals surface area contributed by atoms with E-state index in [1.54, 1.807) is 0 Å². The van der Waals surface area contributed by atoms with E-state index in [-0.39, 0.29) is 0 Å². The lowest BCUT2D eigenvalue weighted by atomic mass is 9.88. The van der Waals surface area contributed by atoms with Crippen LogP contribution < -0.4 is 5.32 Å². The van der Waals surface area contributed by atoms with Crippen molar-refractivity contribution in [2.24, 2.45) is 0 Å². The van der Waals surface area contributed by atoms with Crippen molar-refractivity contribution in [2.45, 2.75) is 66.0 Å². The number of aryl methyl sites for hydroxylation is 3. The van der Waals surface area contributed by atoms with Gasteiger partial charge in [0, 0.05) is 23.7 Å². The van der Waals surface area contributed by atoms with Gasteiger partial charge in [-0.1, -0.05) is 25.5 Å². The maximum atomic E-state index is 5.02. The third kappa shape index (κ3) is 2.82. The molecule has 1 aliphatic rings. The Kier molecular flexibility index (Phi) is 3.99. The van der Waals surface area contributed by atoms with Gasteiger partial charge in [0.15, 0.2) is 0 Å². The molecule has 0 fully saturated rings. The number of hydrogen-bond donors (Lipinski definition) is 1. The lowest BCUT2D eigenvalue weighted by molar-refractivity contribution is 0.581. The molecule has 0 spiro atoms. The summed E-state index contributed by atoms with van der Waals surface area (Å²) < 4.78 is 0. The van der Waals surface area contributed by atoms with Gasteiger partial charge < -0.3 is 5.32 Å². The van der Waals surface area contributed by atoms with Crippen molar-refractivity contribution in [2.75, 3.05) is 0 Å². The number of nitrogens with one attached hydrogen (secondary N) is 1. The third-order valence-electron chi connectivity index (χ3n) is 4.51. The van der Waals surface area contributed by atoms with E-state index in [4.69, 9.17) is 4.98 Å². The van der Waals surface area contributed by atoms with Crippen molar-refractivity contribution in [3.63, 3.8) is 0 Å². The summed E-state index contributed by atoms with van der Waals surface area (Å²) in [6.45, 7) is 9.77. The number of fused-ring (bicyclic) bond motifs is 2. The monoisotopic (exact) mass is 282 g/mol. The van der Waals surface area contributed by atoms with Crippen LogP contribution in [0.1, 0.15) is 54.6 Å². The molecule has 1 N–H and O–H groups in total. The average molecular weight is 282 g/mol. The van der Waals surface area contributed by atoms with Crippen molar-refractivity contribution in [3.05, 3.63) is 40.1 Å². The first kappa shape index (κ1) is 14.5. The van der Waals surface area contributed by atoms with E-state index < -0.39 is 0 Å². The molecule has 2 heteroatoms. The first-order valence-corrected chi connectivity index (χ1v) is 8.21. The topological polar surface area (TPSA) is 24.9 Å². The number of aromatic nitrogens is 1. The summed E-state index contributed by atoms with van der Waals surface area (Å²) in [5, 5.41) is 4.98. The van der Waals surface area contributed by atoms with Crippen LogP contribution >= 0.6 is 0 Å². The van der Waals surface area contributed by atoms with E-state index in [2.05, 4.69) is 45.1 Å². The van der Waals surface area contributed by atoms with Crippen LogP contribution in [-0.2, 0) is 19.4 Å². The first-order chi connectivity index (χ1) is 10.1. The third-order valence-corrected chi connectivity index (χ3v) is 4.51. The Labute approximate surface area is 128 Å². The second kappa shape index (κ2) is 5.76. The Hall–Kier alpha value is -1.41. The smallest absolute Gasteiger partial charge is 0.0738 e. The average Bonchev–Trinajstić information content (AvgIpc) is 2.44. The van der Waals surface area contributed by atoms with Crippen LogP contribution in [0.25, 0.3) is 10.9 Å². The van der Waals surface area contributed by atoms with Crippen LogP contribution in [-0.4, -0.2) is 11.0 Å². The number of nitrogens with zero attached hydrogens (tertiary/aromatic N) is 1. The molecule has 0 atom stereocenters. The van der Waals surface area contributed by atoms with Crippen LogP contribution in [0.3, 0.4) is 0 Å². The Morgan fingerprint density at radius 2 is 1.90 bits per heavy atom. The SMILES string of the molecule is Cc1cc(C)c2nc3c(c(CNC(C)C)c2c1)CCCC3. The molecule has 1 heterocycles. The molecule has 2 nitrogen and oxygen atoms in total. The van der Waals surface area contributed by atoms with Crippen LogP contribution in [0.2, 0.25) is 0 Å². The largest absolute Gasteiger partial charge is 0.310 e. The molecule has 1 aromatic carbocycles. The lowest BCUT2D eigenvalue weighted by Gasteiger charge is -2.22. The Bertz CT molecular complexity index is 671. The second-order valence-corrected chi connectivity index (χ2v) is 6.74. The highest BCUT2D eigenvalue weighted by Crippen LogP contribution is 2.31. The molecular weight excluding hydrogens is 256 g/mol. The highest BCUT2D eigenvalue weighted by Gasteiger charge is 2.19. The van der Waals surface area contributed by atoms with Crippen molar-refractivity contribution in [1.82, 2.24) is 10.3 Å². The molecule has 1 aliphatic carbocycles. The fraction of sp³-hybridized carbons (Fsp3) is 0.526. The minimum absolute atomic E-state index is 0.512. The van der Waals surface area contributed by atoms with E-state index in [1.807, 2.05) is 0 Å². The Morgan fingerprint density at radius 1 is 1.14 bits per heavy atom. The molecule has 1 aromatic heterocycles. The zero-order chi connectivity index (χ0) is 15.0. The van der Waals surface area contributed by atoms with E-state index in [0.717, 1.165) is 13.0 Å². The first-order valence-electron chi connectivity index (χ1n) is 8.21. The molecule has 21 heavy (non-hydrogen) atoms. The second-order valence-electron chi connectivity index (χ2n) is 6.74. The fourth-order valence-corrected chi connectivity index (χ4v) is 3.48. The minimum Gasteiger partial charge on any atom is -0.310 e. The normalized spacial score (nSPS) is 14.7. The summed E-state index contributed by atoms with van der Waals surface area (Å²) in [4.78, 5) is 5.02. The molecule has 0 bridgehead atoms. The fourth-order valence-electron chi connectivity index (χ4n) is 3.48. The van der Waals surface area contributed by atoms with Crippen molar-refractivity contribution >= 4 is 10.9 Å². The number of rotatable bonds is 3. The Morgan fingerprint density at radius 3 is 2.67 bits per heavy atom. The minimum atomic E-state index is 0.512. The van der Waals surface area contributed by atoms with Gasteiger partial charge in [0.05, 0.1) is 5.52 Å². The van der Waals surface area contributed by atoms with E-state index in [1.165, 1.54) is 58.1 Å². The summed E-state index contributed by atoms with van der Waals surface area (Å²) in [5.41, 5.74) is 8.22. The maximum absolute atomic E-state index is 5.02. The zero-order valence-electron chi connectivity index (χ0n) is 13.7.